The van der Waals surface area contributed by atoms with E-state index < -0.39 is 0 Å². The van der Waals surface area contributed by atoms with Crippen molar-refractivity contribution in [3.8, 4) is 5.69 Å². The monoisotopic (exact) mass is 328 g/mol. The van der Waals surface area contributed by atoms with Gasteiger partial charge in [-0.25, -0.2) is 0 Å². The minimum Gasteiger partial charge on any atom is -0.276 e. The molecule has 0 unspecified atom stereocenters. The molecule has 1 aromatic carbocycles. The van der Waals surface area contributed by atoms with Gasteiger partial charge in [-0.2, -0.15) is 9.78 Å². The fourth-order valence-corrected chi connectivity index (χ4v) is 3.41. The summed E-state index contributed by atoms with van der Waals surface area (Å²) in [6, 6.07) is 6.22. The van der Waals surface area contributed by atoms with Gasteiger partial charge >= 0.3 is 0 Å². The zero-order valence-electron chi connectivity index (χ0n) is 13.6. The highest BCUT2D eigenvalue weighted by Gasteiger charge is 2.13. The van der Waals surface area contributed by atoms with Crippen LogP contribution in [0.3, 0.4) is 0 Å². The summed E-state index contributed by atoms with van der Waals surface area (Å²) in [6.45, 7) is 4.17. The molecule has 3 aromatic rings. The summed E-state index contributed by atoms with van der Waals surface area (Å²) in [7, 11) is 1.94. The molecular weight excluding hydrogens is 308 g/mol. The maximum absolute atomic E-state index is 4.19. The standard InChI is InChI=1S/C16H20N6S/c1-12-6-4-7-13(2)15(12)22-16(18-19-20-22)23-9-5-8-14-10-17-21(3)11-14/h4,6-7,10-11H,5,8-9H2,1-3H3. The molecule has 0 spiro atoms. The maximum atomic E-state index is 4.19. The van der Waals surface area contributed by atoms with E-state index in [4.69, 9.17) is 0 Å². The fourth-order valence-electron chi connectivity index (χ4n) is 2.59. The number of aromatic nitrogens is 6. The van der Waals surface area contributed by atoms with E-state index in [0.29, 0.717) is 0 Å². The average Bonchev–Trinajstić information content (AvgIpc) is 3.13. The molecule has 0 saturated carbocycles. The Bertz CT molecular complexity index is 771. The van der Waals surface area contributed by atoms with E-state index in [-0.39, 0.29) is 0 Å². The van der Waals surface area contributed by atoms with E-state index in [0.717, 1.165) is 29.4 Å². The number of para-hydroxylation sites is 1. The minimum atomic E-state index is 0.841. The van der Waals surface area contributed by atoms with Gasteiger partial charge in [0.05, 0.1) is 11.9 Å². The first kappa shape index (κ1) is 15.7. The topological polar surface area (TPSA) is 61.4 Å². The Hall–Kier alpha value is -2.15. The van der Waals surface area contributed by atoms with Crippen LogP contribution in [0.2, 0.25) is 0 Å². The summed E-state index contributed by atoms with van der Waals surface area (Å²) < 4.78 is 3.68. The number of tetrazole rings is 1. The number of nitrogens with zero attached hydrogens (tertiary/aromatic N) is 6. The number of hydrogen-bond acceptors (Lipinski definition) is 5. The molecule has 2 aromatic heterocycles. The molecule has 0 atom stereocenters. The van der Waals surface area contributed by atoms with Crippen LogP contribution in [0.1, 0.15) is 23.1 Å². The predicted octanol–water partition coefficient (Wildman–Crippen LogP) is 2.74. The lowest BCUT2D eigenvalue weighted by atomic mass is 10.1. The van der Waals surface area contributed by atoms with Gasteiger partial charge in [0.25, 0.3) is 0 Å². The van der Waals surface area contributed by atoms with Crippen LogP contribution >= 0.6 is 11.8 Å². The van der Waals surface area contributed by atoms with Crippen LogP contribution in [-0.2, 0) is 13.5 Å². The molecule has 6 nitrogen and oxygen atoms in total. The van der Waals surface area contributed by atoms with Crippen molar-refractivity contribution < 1.29 is 0 Å². The third-order valence-corrected chi connectivity index (χ3v) is 4.70. The smallest absolute Gasteiger partial charge is 0.214 e. The second-order valence-corrected chi connectivity index (χ2v) is 6.65. The van der Waals surface area contributed by atoms with Crippen molar-refractivity contribution in [1.29, 1.82) is 0 Å². The van der Waals surface area contributed by atoms with Gasteiger partial charge in [-0.05, 0) is 53.8 Å². The summed E-state index contributed by atoms with van der Waals surface area (Å²) in [6.07, 6.45) is 6.07. The highest BCUT2D eigenvalue weighted by molar-refractivity contribution is 7.99. The van der Waals surface area contributed by atoms with Crippen LogP contribution in [-0.4, -0.2) is 35.7 Å². The van der Waals surface area contributed by atoms with Crippen LogP contribution < -0.4 is 0 Å². The van der Waals surface area contributed by atoms with Gasteiger partial charge in [0.1, 0.15) is 0 Å². The second kappa shape index (κ2) is 6.95. The molecular formula is C16H20N6S. The lowest BCUT2D eigenvalue weighted by molar-refractivity contribution is 0.746. The first-order valence-corrected chi connectivity index (χ1v) is 8.59. The average molecular weight is 328 g/mol. The van der Waals surface area contributed by atoms with Crippen molar-refractivity contribution in [1.82, 2.24) is 30.0 Å². The molecule has 0 aliphatic carbocycles. The van der Waals surface area contributed by atoms with Crippen molar-refractivity contribution in [2.45, 2.75) is 31.8 Å². The molecule has 0 fully saturated rings. The lowest BCUT2D eigenvalue weighted by Crippen LogP contribution is -2.04. The van der Waals surface area contributed by atoms with Gasteiger partial charge < -0.3 is 0 Å². The van der Waals surface area contributed by atoms with Gasteiger partial charge in [-0.15, -0.1) is 5.10 Å². The van der Waals surface area contributed by atoms with E-state index in [2.05, 4.69) is 58.9 Å². The van der Waals surface area contributed by atoms with E-state index in [1.165, 1.54) is 16.7 Å². The molecule has 0 aliphatic rings. The molecule has 2 heterocycles. The van der Waals surface area contributed by atoms with Gasteiger partial charge in [0.15, 0.2) is 0 Å². The molecule has 0 amide bonds. The van der Waals surface area contributed by atoms with Crippen LogP contribution in [0.25, 0.3) is 5.69 Å². The van der Waals surface area contributed by atoms with Crippen molar-refractivity contribution in [3.63, 3.8) is 0 Å². The summed E-state index contributed by atoms with van der Waals surface area (Å²) in [5, 5.41) is 17.2. The number of rotatable bonds is 6. The Balaban J connectivity index is 1.65. The summed E-state index contributed by atoms with van der Waals surface area (Å²) in [5.41, 5.74) is 4.69. The van der Waals surface area contributed by atoms with Crippen molar-refractivity contribution in [3.05, 3.63) is 47.3 Å². The fraction of sp³-hybridized carbons (Fsp3) is 0.375. The lowest BCUT2D eigenvalue weighted by Gasteiger charge is -2.10. The molecule has 0 bridgehead atoms. The Morgan fingerprint density at radius 2 is 1.96 bits per heavy atom. The largest absolute Gasteiger partial charge is 0.276 e. The Labute approximate surface area is 139 Å². The molecule has 23 heavy (non-hydrogen) atoms. The number of benzene rings is 1. The number of hydrogen-bond donors (Lipinski definition) is 0. The highest BCUT2D eigenvalue weighted by Crippen LogP contribution is 2.24. The normalized spacial score (nSPS) is 11.1. The zero-order valence-corrected chi connectivity index (χ0v) is 14.4. The summed E-state index contributed by atoms with van der Waals surface area (Å²) in [5.74, 6) is 0.972. The van der Waals surface area contributed by atoms with Gasteiger partial charge in [-0.1, -0.05) is 30.0 Å². The molecule has 0 N–H and O–H groups in total. The quantitative estimate of drug-likeness (QED) is 0.514. The van der Waals surface area contributed by atoms with Gasteiger partial charge in [0.2, 0.25) is 5.16 Å². The molecule has 7 heteroatoms. The Kier molecular flexibility index (Phi) is 4.76. The van der Waals surface area contributed by atoms with Crippen molar-refractivity contribution in [2.75, 3.05) is 5.75 Å². The predicted molar refractivity (Wildman–Crippen MR) is 90.9 cm³/mol. The molecule has 120 valence electrons. The SMILES string of the molecule is Cc1cccc(C)c1-n1nnnc1SCCCc1cnn(C)c1. The van der Waals surface area contributed by atoms with Gasteiger partial charge in [-0.3, -0.25) is 4.68 Å². The van der Waals surface area contributed by atoms with Gasteiger partial charge in [0, 0.05) is 19.0 Å². The van der Waals surface area contributed by atoms with Crippen molar-refractivity contribution >= 4 is 11.8 Å². The van der Waals surface area contributed by atoms with Crippen LogP contribution in [0, 0.1) is 13.8 Å². The van der Waals surface area contributed by atoms with Crippen LogP contribution in [0.5, 0.6) is 0 Å². The highest BCUT2D eigenvalue weighted by atomic mass is 32.2. The minimum absolute atomic E-state index is 0.841. The third kappa shape index (κ3) is 3.61. The molecule has 0 aliphatic heterocycles. The summed E-state index contributed by atoms with van der Waals surface area (Å²) in [4.78, 5) is 0. The van der Waals surface area contributed by atoms with E-state index in [1.807, 2.05) is 22.6 Å². The van der Waals surface area contributed by atoms with E-state index in [1.54, 1.807) is 11.8 Å². The Morgan fingerprint density at radius 3 is 2.65 bits per heavy atom. The van der Waals surface area contributed by atoms with Crippen LogP contribution in [0.15, 0.2) is 35.7 Å². The van der Waals surface area contributed by atoms with E-state index >= 15 is 0 Å². The third-order valence-electron chi connectivity index (χ3n) is 3.69. The zero-order chi connectivity index (χ0) is 16.2. The molecule has 0 radical (unpaired) electrons. The maximum Gasteiger partial charge on any atom is 0.214 e. The number of thioether (sulfide) groups is 1. The first-order valence-electron chi connectivity index (χ1n) is 7.60. The van der Waals surface area contributed by atoms with E-state index in [9.17, 15) is 0 Å². The second-order valence-electron chi connectivity index (χ2n) is 5.59. The van der Waals surface area contributed by atoms with Crippen LogP contribution in [0.4, 0.5) is 0 Å². The molecule has 3 rings (SSSR count). The first-order chi connectivity index (χ1) is 11.1. The number of aryl methyl sites for hydroxylation is 4. The Morgan fingerprint density at radius 1 is 1.17 bits per heavy atom. The molecule has 0 saturated heterocycles. The summed E-state index contributed by atoms with van der Waals surface area (Å²) >= 11 is 1.69. The van der Waals surface area contributed by atoms with Crippen molar-refractivity contribution in [2.24, 2.45) is 7.05 Å².